The molecule has 1 saturated heterocycles. The van der Waals surface area contributed by atoms with E-state index in [4.69, 9.17) is 0 Å². The Hall–Kier alpha value is -1.69. The van der Waals surface area contributed by atoms with Gasteiger partial charge in [0.15, 0.2) is 0 Å². The van der Waals surface area contributed by atoms with Crippen LogP contribution in [0.4, 0.5) is 0 Å². The molecule has 1 saturated carbocycles. The van der Waals surface area contributed by atoms with Crippen molar-refractivity contribution in [1.29, 1.82) is 0 Å². The summed E-state index contributed by atoms with van der Waals surface area (Å²) >= 11 is 0. The van der Waals surface area contributed by atoms with Crippen LogP contribution in [-0.2, 0) is 0 Å². The van der Waals surface area contributed by atoms with E-state index < -0.39 is 6.10 Å². The molecule has 19 heavy (non-hydrogen) atoms. The Morgan fingerprint density at radius 3 is 2.68 bits per heavy atom. The van der Waals surface area contributed by atoms with Crippen molar-refractivity contribution in [3.63, 3.8) is 0 Å². The number of hydrogen-bond donors (Lipinski definition) is 2. The van der Waals surface area contributed by atoms with E-state index in [1.54, 1.807) is 6.92 Å². The van der Waals surface area contributed by atoms with Crippen LogP contribution in [0.5, 0.6) is 0 Å². The van der Waals surface area contributed by atoms with Gasteiger partial charge in [-0.25, -0.2) is 4.98 Å². The van der Waals surface area contributed by atoms with Gasteiger partial charge in [0.25, 0.3) is 11.5 Å². The first-order chi connectivity index (χ1) is 9.06. The number of aromatic amines is 1. The van der Waals surface area contributed by atoms with Gasteiger partial charge in [-0.05, 0) is 26.2 Å². The Kier molecular flexibility index (Phi) is 2.89. The first-order valence-corrected chi connectivity index (χ1v) is 6.64. The van der Waals surface area contributed by atoms with E-state index in [0.717, 1.165) is 12.8 Å². The first kappa shape index (κ1) is 12.3. The number of hydrogen-bond acceptors (Lipinski definition) is 4. The summed E-state index contributed by atoms with van der Waals surface area (Å²) in [5, 5.41) is 9.46. The molecule has 102 valence electrons. The third-order valence-electron chi connectivity index (χ3n) is 3.75. The molecule has 1 amide bonds. The van der Waals surface area contributed by atoms with Gasteiger partial charge in [-0.2, -0.15) is 0 Å². The van der Waals surface area contributed by atoms with Crippen LogP contribution in [0.15, 0.2) is 4.79 Å². The summed E-state index contributed by atoms with van der Waals surface area (Å²) in [7, 11) is 0. The second-order valence-electron chi connectivity index (χ2n) is 5.38. The fourth-order valence-corrected chi connectivity index (χ4v) is 2.49. The number of β-amino-alcohol motifs (C(OH)–C–C–N with tert-alkyl or cyclic N) is 1. The monoisotopic (exact) mass is 263 g/mol. The molecule has 3 rings (SSSR count). The van der Waals surface area contributed by atoms with E-state index in [9.17, 15) is 14.7 Å². The molecule has 0 radical (unpaired) electrons. The Morgan fingerprint density at radius 1 is 1.42 bits per heavy atom. The molecule has 2 heterocycles. The van der Waals surface area contributed by atoms with Crippen LogP contribution < -0.4 is 5.56 Å². The highest BCUT2D eigenvalue weighted by molar-refractivity contribution is 5.95. The van der Waals surface area contributed by atoms with Gasteiger partial charge in [-0.15, -0.1) is 0 Å². The van der Waals surface area contributed by atoms with Gasteiger partial charge in [0.05, 0.1) is 11.8 Å². The van der Waals surface area contributed by atoms with E-state index in [-0.39, 0.29) is 17.0 Å². The lowest BCUT2D eigenvalue weighted by molar-refractivity contribution is 0.0762. The van der Waals surface area contributed by atoms with Gasteiger partial charge < -0.3 is 15.0 Å². The lowest BCUT2D eigenvalue weighted by Gasteiger charge is -2.16. The summed E-state index contributed by atoms with van der Waals surface area (Å²) in [4.78, 5) is 32.9. The summed E-state index contributed by atoms with van der Waals surface area (Å²) in [5.41, 5.74) is 0.233. The molecular formula is C13H17N3O3. The summed E-state index contributed by atoms with van der Waals surface area (Å²) in [5.74, 6) is 0.717. The van der Waals surface area contributed by atoms with Crippen molar-refractivity contribution in [3.05, 3.63) is 27.4 Å². The number of aliphatic hydroxyl groups is 1. The third kappa shape index (κ3) is 2.28. The van der Waals surface area contributed by atoms with Gasteiger partial charge in [0, 0.05) is 19.0 Å². The van der Waals surface area contributed by atoms with Crippen LogP contribution >= 0.6 is 0 Å². The molecule has 2 aliphatic rings. The third-order valence-corrected chi connectivity index (χ3v) is 3.75. The topological polar surface area (TPSA) is 86.3 Å². The van der Waals surface area contributed by atoms with Crippen LogP contribution in [0.2, 0.25) is 0 Å². The minimum atomic E-state index is -0.484. The Morgan fingerprint density at radius 2 is 2.16 bits per heavy atom. The number of carbonyl (C=O) groups excluding carboxylic acids is 1. The van der Waals surface area contributed by atoms with E-state index in [1.165, 1.54) is 4.90 Å². The maximum Gasteiger partial charge on any atom is 0.264 e. The van der Waals surface area contributed by atoms with E-state index in [0.29, 0.717) is 36.9 Å². The molecule has 2 N–H and O–H groups in total. The average Bonchev–Trinajstić information content (AvgIpc) is 3.11. The summed E-state index contributed by atoms with van der Waals surface area (Å²) in [6, 6.07) is 0. The fraction of sp³-hybridized carbons (Fsp3) is 0.615. The molecule has 1 atom stereocenters. The number of aryl methyl sites for hydroxylation is 1. The molecule has 1 aliphatic carbocycles. The molecule has 1 aromatic rings. The molecule has 0 bridgehead atoms. The highest BCUT2D eigenvalue weighted by Gasteiger charge is 2.31. The number of likely N-dealkylation sites (tertiary alicyclic amines) is 1. The predicted octanol–water partition coefficient (Wildman–Crippen LogP) is 0.163. The predicted molar refractivity (Wildman–Crippen MR) is 68.1 cm³/mol. The lowest BCUT2D eigenvalue weighted by atomic mass is 10.2. The van der Waals surface area contributed by atoms with Crippen LogP contribution in [0.25, 0.3) is 0 Å². The summed E-state index contributed by atoms with van der Waals surface area (Å²) in [6.45, 7) is 2.48. The van der Waals surface area contributed by atoms with Crippen molar-refractivity contribution >= 4 is 5.91 Å². The molecule has 2 fully saturated rings. The minimum absolute atomic E-state index is 0.110. The normalized spacial score (nSPS) is 22.8. The lowest BCUT2D eigenvalue weighted by Crippen LogP contribution is -2.35. The van der Waals surface area contributed by atoms with Gasteiger partial charge >= 0.3 is 0 Å². The zero-order valence-corrected chi connectivity index (χ0v) is 10.8. The van der Waals surface area contributed by atoms with Gasteiger partial charge in [0.2, 0.25) is 0 Å². The second-order valence-corrected chi connectivity index (χ2v) is 5.38. The van der Waals surface area contributed by atoms with Gasteiger partial charge in [0.1, 0.15) is 11.4 Å². The molecule has 0 aromatic carbocycles. The van der Waals surface area contributed by atoms with E-state index in [2.05, 4.69) is 9.97 Å². The number of aromatic nitrogens is 2. The van der Waals surface area contributed by atoms with E-state index >= 15 is 0 Å². The smallest absolute Gasteiger partial charge is 0.264 e. The van der Waals surface area contributed by atoms with E-state index in [1.807, 2.05) is 0 Å². The van der Waals surface area contributed by atoms with Crippen molar-refractivity contribution in [3.8, 4) is 0 Å². The van der Waals surface area contributed by atoms with Gasteiger partial charge in [-0.1, -0.05) is 0 Å². The molecule has 0 unspecified atom stereocenters. The SMILES string of the molecule is Cc1nc(C2CC2)[nH]c(=O)c1C(=O)N1CC[C@@H](O)C1. The number of rotatable bonds is 2. The number of nitrogens with one attached hydrogen (secondary N) is 1. The number of nitrogens with zero attached hydrogens (tertiary/aromatic N) is 2. The maximum atomic E-state index is 12.3. The summed E-state index contributed by atoms with van der Waals surface area (Å²) < 4.78 is 0. The van der Waals surface area contributed by atoms with Crippen molar-refractivity contribution < 1.29 is 9.90 Å². The molecule has 0 spiro atoms. The Bertz CT molecular complexity index is 577. The quantitative estimate of drug-likeness (QED) is 0.796. The Labute approximate surface area is 110 Å². The molecule has 1 aromatic heterocycles. The standard InChI is InChI=1S/C13H17N3O3/c1-7-10(13(19)16-5-4-9(17)6-16)12(18)15-11(14-7)8-2-3-8/h8-9,17H,2-6H2,1H3,(H,14,15,18)/t9-/m1/s1. The van der Waals surface area contributed by atoms with Crippen molar-refractivity contribution in [2.45, 2.75) is 38.2 Å². The maximum absolute atomic E-state index is 12.3. The number of aliphatic hydroxyl groups excluding tert-OH is 1. The van der Waals surface area contributed by atoms with Crippen LogP contribution in [0.1, 0.15) is 47.1 Å². The van der Waals surface area contributed by atoms with Crippen molar-refractivity contribution in [2.75, 3.05) is 13.1 Å². The van der Waals surface area contributed by atoms with Crippen molar-refractivity contribution in [2.24, 2.45) is 0 Å². The highest BCUT2D eigenvalue weighted by atomic mass is 16.3. The molecule has 6 nitrogen and oxygen atoms in total. The minimum Gasteiger partial charge on any atom is -0.391 e. The fourth-order valence-electron chi connectivity index (χ4n) is 2.49. The van der Waals surface area contributed by atoms with Crippen LogP contribution in [0.3, 0.4) is 0 Å². The zero-order chi connectivity index (χ0) is 13.6. The second kappa shape index (κ2) is 4.45. The Balaban J connectivity index is 1.91. The molecule has 6 heteroatoms. The van der Waals surface area contributed by atoms with Crippen LogP contribution in [-0.4, -0.2) is 45.1 Å². The van der Waals surface area contributed by atoms with Crippen LogP contribution in [0, 0.1) is 6.92 Å². The molecular weight excluding hydrogens is 246 g/mol. The molecule has 1 aliphatic heterocycles. The zero-order valence-electron chi connectivity index (χ0n) is 10.8. The summed E-state index contributed by atoms with van der Waals surface area (Å²) in [6.07, 6.45) is 2.18. The number of H-pyrrole nitrogens is 1. The average molecular weight is 263 g/mol. The van der Waals surface area contributed by atoms with Gasteiger partial charge in [-0.3, -0.25) is 9.59 Å². The van der Waals surface area contributed by atoms with Crippen molar-refractivity contribution in [1.82, 2.24) is 14.9 Å². The number of amides is 1. The largest absolute Gasteiger partial charge is 0.391 e. The first-order valence-electron chi connectivity index (χ1n) is 6.64. The number of carbonyl (C=O) groups is 1. The highest BCUT2D eigenvalue weighted by Crippen LogP contribution is 2.37.